The lowest BCUT2D eigenvalue weighted by molar-refractivity contribution is -0.118. The van der Waals surface area contributed by atoms with Crippen molar-refractivity contribution in [1.82, 2.24) is 10.3 Å². The van der Waals surface area contributed by atoms with Crippen molar-refractivity contribution in [2.45, 2.75) is 46.1 Å². The first-order chi connectivity index (χ1) is 13.1. The van der Waals surface area contributed by atoms with Gasteiger partial charge in [-0.25, -0.2) is 4.98 Å². The maximum Gasteiger partial charge on any atom is 0.287 e. The molecular formula is C21H25N3O4. The van der Waals surface area contributed by atoms with Crippen molar-refractivity contribution in [2.24, 2.45) is 5.92 Å². The Morgan fingerprint density at radius 1 is 1.14 bits per heavy atom. The minimum absolute atomic E-state index is 0.109. The van der Waals surface area contributed by atoms with Gasteiger partial charge in [-0.3, -0.25) is 9.59 Å². The molecule has 1 aromatic carbocycles. The number of furan rings is 1. The molecular weight excluding hydrogens is 358 g/mol. The number of nitrogens with one attached hydrogen (secondary N) is 2. The fraction of sp³-hybridized carbons (Fsp3) is 0.381. The molecule has 0 radical (unpaired) electrons. The topological polar surface area (TPSA) is 97.4 Å². The molecule has 1 unspecified atom stereocenters. The first kappa shape index (κ1) is 19.7. The monoisotopic (exact) mass is 383 g/mol. The molecule has 3 rings (SSSR count). The van der Waals surface area contributed by atoms with E-state index in [1.54, 1.807) is 30.3 Å². The van der Waals surface area contributed by atoms with Crippen LogP contribution in [0.25, 0.3) is 11.1 Å². The zero-order chi connectivity index (χ0) is 20.5. The Morgan fingerprint density at radius 2 is 1.89 bits per heavy atom. The fourth-order valence-corrected chi connectivity index (χ4v) is 2.70. The molecule has 1 atom stereocenters. The molecule has 28 heavy (non-hydrogen) atoms. The van der Waals surface area contributed by atoms with Crippen LogP contribution >= 0.6 is 0 Å². The highest BCUT2D eigenvalue weighted by Crippen LogP contribution is 2.27. The predicted molar refractivity (Wildman–Crippen MR) is 106 cm³/mol. The molecule has 0 bridgehead atoms. The second-order valence-electron chi connectivity index (χ2n) is 8.11. The summed E-state index contributed by atoms with van der Waals surface area (Å²) >= 11 is 0. The van der Waals surface area contributed by atoms with E-state index >= 15 is 0 Å². The molecule has 2 amide bonds. The van der Waals surface area contributed by atoms with Crippen molar-refractivity contribution < 1.29 is 18.4 Å². The van der Waals surface area contributed by atoms with Gasteiger partial charge in [0.05, 0.1) is 6.26 Å². The Bertz CT molecular complexity index is 981. The van der Waals surface area contributed by atoms with Gasteiger partial charge in [-0.15, -0.1) is 0 Å². The van der Waals surface area contributed by atoms with E-state index in [0.29, 0.717) is 22.7 Å². The van der Waals surface area contributed by atoms with E-state index < -0.39 is 11.9 Å². The number of nitrogens with zero attached hydrogens (tertiary/aromatic N) is 1. The summed E-state index contributed by atoms with van der Waals surface area (Å²) in [5, 5.41) is 5.57. The molecule has 2 heterocycles. The lowest BCUT2D eigenvalue weighted by Crippen LogP contribution is -2.47. The molecule has 0 aliphatic rings. The van der Waals surface area contributed by atoms with Crippen LogP contribution in [0.3, 0.4) is 0 Å². The lowest BCUT2D eigenvalue weighted by Gasteiger charge is -2.21. The molecule has 7 nitrogen and oxygen atoms in total. The van der Waals surface area contributed by atoms with Crippen LogP contribution in [0, 0.1) is 5.92 Å². The van der Waals surface area contributed by atoms with Gasteiger partial charge >= 0.3 is 0 Å². The number of anilines is 1. The largest absolute Gasteiger partial charge is 0.459 e. The Morgan fingerprint density at radius 3 is 2.50 bits per heavy atom. The zero-order valence-corrected chi connectivity index (χ0v) is 16.7. The van der Waals surface area contributed by atoms with E-state index in [4.69, 9.17) is 8.83 Å². The average Bonchev–Trinajstić information content (AvgIpc) is 3.27. The third-order valence-electron chi connectivity index (χ3n) is 4.28. The highest BCUT2D eigenvalue weighted by atomic mass is 16.4. The van der Waals surface area contributed by atoms with E-state index in [0.717, 1.165) is 0 Å². The maximum absolute atomic E-state index is 12.8. The third-order valence-corrected chi connectivity index (χ3v) is 4.28. The predicted octanol–water partition coefficient (Wildman–Crippen LogP) is 4.11. The van der Waals surface area contributed by atoms with Crippen LogP contribution in [0.1, 0.15) is 51.1 Å². The summed E-state index contributed by atoms with van der Waals surface area (Å²) < 4.78 is 10.9. The molecule has 0 spiro atoms. The van der Waals surface area contributed by atoms with Crippen LogP contribution in [0.15, 0.2) is 45.4 Å². The Hall–Kier alpha value is -3.09. The second kappa shape index (κ2) is 7.50. The van der Waals surface area contributed by atoms with Crippen molar-refractivity contribution in [3.05, 3.63) is 48.2 Å². The van der Waals surface area contributed by atoms with Gasteiger partial charge in [0.1, 0.15) is 11.6 Å². The molecule has 3 aromatic rings. The molecule has 0 aliphatic heterocycles. The van der Waals surface area contributed by atoms with Crippen LogP contribution in [0.2, 0.25) is 0 Å². The highest BCUT2D eigenvalue weighted by Gasteiger charge is 2.26. The van der Waals surface area contributed by atoms with Crippen molar-refractivity contribution >= 4 is 28.6 Å². The molecule has 0 saturated heterocycles. The second-order valence-corrected chi connectivity index (χ2v) is 8.11. The Labute approximate surface area is 163 Å². The van der Waals surface area contributed by atoms with Gasteiger partial charge < -0.3 is 19.5 Å². The number of rotatable bonds is 5. The van der Waals surface area contributed by atoms with Crippen LogP contribution in [0.5, 0.6) is 0 Å². The number of aromatic nitrogens is 1. The van der Waals surface area contributed by atoms with Gasteiger partial charge in [0.15, 0.2) is 11.3 Å². The van der Waals surface area contributed by atoms with E-state index in [-0.39, 0.29) is 23.0 Å². The van der Waals surface area contributed by atoms with Gasteiger partial charge in [-0.1, -0.05) is 34.6 Å². The van der Waals surface area contributed by atoms with Gasteiger partial charge in [-0.05, 0) is 36.2 Å². The molecule has 0 fully saturated rings. The van der Waals surface area contributed by atoms with Gasteiger partial charge in [0.2, 0.25) is 11.8 Å². The maximum atomic E-state index is 12.8. The van der Waals surface area contributed by atoms with Gasteiger partial charge in [0.25, 0.3) is 5.91 Å². The normalized spacial score (nSPS) is 12.9. The van der Waals surface area contributed by atoms with E-state index in [9.17, 15) is 9.59 Å². The quantitative estimate of drug-likeness (QED) is 0.691. The van der Waals surface area contributed by atoms with Crippen molar-refractivity contribution in [1.29, 1.82) is 0 Å². The minimum Gasteiger partial charge on any atom is -0.459 e. The van der Waals surface area contributed by atoms with Crippen LogP contribution in [-0.2, 0) is 10.2 Å². The number of benzene rings is 1. The van der Waals surface area contributed by atoms with Crippen molar-refractivity contribution in [2.75, 3.05) is 5.32 Å². The number of amides is 2. The summed E-state index contributed by atoms with van der Waals surface area (Å²) in [5.74, 6) is -0.0504. The zero-order valence-electron chi connectivity index (χ0n) is 16.7. The Balaban J connectivity index is 1.76. The first-order valence-corrected chi connectivity index (χ1v) is 9.21. The van der Waals surface area contributed by atoms with Gasteiger partial charge in [0, 0.05) is 11.1 Å². The van der Waals surface area contributed by atoms with Crippen molar-refractivity contribution in [3.63, 3.8) is 0 Å². The summed E-state index contributed by atoms with van der Waals surface area (Å²) in [6.07, 6.45) is 1.42. The smallest absolute Gasteiger partial charge is 0.287 e. The standard InChI is InChI=1S/C21H25N3O4/c1-12(2)17(24-18(25)16-7-6-10-27-16)19(26)22-13-8-9-15-14(11-13)23-20(28-15)21(3,4)5/h6-12,17H,1-5H3,(H,22,26)(H,24,25). The number of carbonyl (C=O) groups excluding carboxylic acids is 2. The minimum atomic E-state index is -0.712. The molecule has 2 aromatic heterocycles. The lowest BCUT2D eigenvalue weighted by atomic mass is 9.97. The number of hydrogen-bond acceptors (Lipinski definition) is 5. The van der Waals surface area contributed by atoms with E-state index in [1.165, 1.54) is 6.26 Å². The van der Waals surface area contributed by atoms with Gasteiger partial charge in [-0.2, -0.15) is 0 Å². The number of hydrogen-bond donors (Lipinski definition) is 2. The summed E-state index contributed by atoms with van der Waals surface area (Å²) in [5.41, 5.74) is 1.71. The molecule has 2 N–H and O–H groups in total. The molecule has 7 heteroatoms. The van der Waals surface area contributed by atoms with Crippen LogP contribution in [-0.4, -0.2) is 22.8 Å². The summed E-state index contributed by atoms with van der Waals surface area (Å²) in [6, 6.07) is 7.75. The third kappa shape index (κ3) is 4.24. The number of oxazole rings is 1. The van der Waals surface area contributed by atoms with Crippen molar-refractivity contribution in [3.8, 4) is 0 Å². The molecule has 148 valence electrons. The fourth-order valence-electron chi connectivity index (χ4n) is 2.70. The summed E-state index contributed by atoms with van der Waals surface area (Å²) in [7, 11) is 0. The molecule has 0 aliphatic carbocycles. The number of fused-ring (bicyclic) bond motifs is 1. The van der Waals surface area contributed by atoms with Crippen LogP contribution < -0.4 is 10.6 Å². The average molecular weight is 383 g/mol. The number of carbonyl (C=O) groups is 2. The van der Waals surface area contributed by atoms with E-state index in [1.807, 2.05) is 34.6 Å². The first-order valence-electron chi connectivity index (χ1n) is 9.21. The van der Waals surface area contributed by atoms with Crippen LogP contribution in [0.4, 0.5) is 5.69 Å². The summed E-state index contributed by atoms with van der Waals surface area (Å²) in [4.78, 5) is 29.5. The highest BCUT2D eigenvalue weighted by molar-refractivity contribution is 6.00. The Kier molecular flexibility index (Phi) is 5.27. The summed E-state index contributed by atoms with van der Waals surface area (Å²) in [6.45, 7) is 9.80. The SMILES string of the molecule is CC(C)C(NC(=O)c1ccco1)C(=O)Nc1ccc2oc(C(C)(C)C)nc2c1. The molecule has 0 saturated carbocycles. The van der Waals surface area contributed by atoms with E-state index in [2.05, 4.69) is 15.6 Å².